The maximum absolute atomic E-state index is 12.2. The number of carbonyl (C=O) groups excluding carboxylic acids is 2. The van der Waals surface area contributed by atoms with Crippen LogP contribution in [0.25, 0.3) is 0 Å². The molecule has 2 unspecified atom stereocenters. The fourth-order valence-corrected chi connectivity index (χ4v) is 3.73. The van der Waals surface area contributed by atoms with E-state index >= 15 is 0 Å². The third-order valence-corrected chi connectivity index (χ3v) is 6.01. The van der Waals surface area contributed by atoms with Crippen LogP contribution in [0.3, 0.4) is 0 Å². The molecule has 0 aliphatic carbocycles. The van der Waals surface area contributed by atoms with Gasteiger partial charge >= 0.3 is 11.9 Å². The Kier molecular flexibility index (Phi) is 17.4. The van der Waals surface area contributed by atoms with Gasteiger partial charge in [0, 0.05) is 12.0 Å². The lowest BCUT2D eigenvalue weighted by Gasteiger charge is -2.29. The van der Waals surface area contributed by atoms with Crippen molar-refractivity contribution in [1.29, 1.82) is 0 Å². The third-order valence-electron chi connectivity index (χ3n) is 4.95. The molecule has 0 aromatic heterocycles. The van der Waals surface area contributed by atoms with Crippen LogP contribution in [0.15, 0.2) is 12.2 Å². The molecule has 0 aliphatic rings. The van der Waals surface area contributed by atoms with Gasteiger partial charge in [-0.05, 0) is 13.3 Å². The lowest BCUT2D eigenvalue weighted by molar-refractivity contribution is -0.870. The first kappa shape index (κ1) is 32.8. The molecule has 0 amide bonds. The first-order valence-electron chi connectivity index (χ1n) is 12.3. The normalized spacial score (nSPS) is 14.3. The van der Waals surface area contributed by atoms with Gasteiger partial charge in [0.2, 0.25) is 0 Å². The highest BCUT2D eigenvalue weighted by Crippen LogP contribution is 2.40. The second-order valence-electron chi connectivity index (χ2n) is 9.66. The predicted molar refractivity (Wildman–Crippen MR) is 130 cm³/mol. The van der Waals surface area contributed by atoms with Gasteiger partial charge in [-0.2, -0.15) is 0 Å². The molecule has 0 aliphatic heterocycles. The second-order valence-corrected chi connectivity index (χ2v) is 11.0. The van der Waals surface area contributed by atoms with Gasteiger partial charge in [-0.15, -0.1) is 0 Å². The fraction of sp³-hybridized carbons (Fsp3) is 0.833. The standard InChI is InChI=1S/C24H46NO8P/c1-7-8-9-10-11-12-13-14-15-16-23(26)30-19-22(20-31-24(27)21(2)3)33-34(28,29)32-18-17-25(4,5)6/h22H,2,7-20H2,1,3-6H3. The SMILES string of the molecule is C=C(C)C(=O)OCC(COC(=O)CCCCCCCCCCC)OP(=O)([O-])OCC[N+](C)(C)C. The Bertz CT molecular complexity index is 647. The van der Waals surface area contributed by atoms with E-state index in [2.05, 4.69) is 13.5 Å². The lowest BCUT2D eigenvalue weighted by Crippen LogP contribution is -2.38. The molecule has 9 nitrogen and oxygen atoms in total. The minimum Gasteiger partial charge on any atom is -0.756 e. The highest BCUT2D eigenvalue weighted by Gasteiger charge is 2.23. The van der Waals surface area contributed by atoms with E-state index in [9.17, 15) is 19.0 Å². The molecule has 0 saturated carbocycles. The number of phosphoric ester groups is 1. The van der Waals surface area contributed by atoms with Crippen LogP contribution in [0.5, 0.6) is 0 Å². The fourth-order valence-electron chi connectivity index (χ4n) is 2.88. The van der Waals surface area contributed by atoms with Crippen molar-refractivity contribution >= 4 is 19.8 Å². The Morgan fingerprint density at radius 3 is 2.00 bits per heavy atom. The number of hydrogen-bond acceptors (Lipinski definition) is 8. The summed E-state index contributed by atoms with van der Waals surface area (Å²) in [5.41, 5.74) is 0.158. The van der Waals surface area contributed by atoms with Crippen molar-refractivity contribution in [2.45, 2.75) is 84.2 Å². The second kappa shape index (κ2) is 18.1. The molecule has 0 saturated heterocycles. The molecule has 2 atom stereocenters. The molecule has 0 fully saturated rings. The van der Waals surface area contributed by atoms with Gasteiger partial charge in [0.25, 0.3) is 7.82 Å². The molecular weight excluding hydrogens is 461 g/mol. The van der Waals surface area contributed by atoms with Crippen LogP contribution in [0.4, 0.5) is 0 Å². The number of phosphoric acid groups is 1. The summed E-state index contributed by atoms with van der Waals surface area (Å²) >= 11 is 0. The number of carbonyl (C=O) groups is 2. The quantitative estimate of drug-likeness (QED) is 0.0749. The average molecular weight is 508 g/mol. The smallest absolute Gasteiger partial charge is 0.333 e. The topological polar surface area (TPSA) is 111 Å². The first-order chi connectivity index (χ1) is 15.9. The zero-order valence-corrected chi connectivity index (χ0v) is 22.7. The van der Waals surface area contributed by atoms with Gasteiger partial charge in [-0.25, -0.2) is 4.79 Å². The van der Waals surface area contributed by atoms with Gasteiger partial charge in [0.05, 0.1) is 21.1 Å². The largest absolute Gasteiger partial charge is 0.756 e. The summed E-state index contributed by atoms with van der Waals surface area (Å²) in [6.07, 6.45) is 9.20. The number of likely N-dealkylation sites (N-methyl/N-ethyl adjacent to an activating group) is 1. The number of ether oxygens (including phenoxy) is 2. The summed E-state index contributed by atoms with van der Waals surface area (Å²) in [4.78, 5) is 35.9. The van der Waals surface area contributed by atoms with Crippen LogP contribution in [0.1, 0.15) is 78.1 Å². The van der Waals surface area contributed by atoms with Crippen LogP contribution in [-0.2, 0) is 32.7 Å². The van der Waals surface area contributed by atoms with Gasteiger partial charge in [0.15, 0.2) is 0 Å². The van der Waals surface area contributed by atoms with Gasteiger partial charge < -0.3 is 27.9 Å². The summed E-state index contributed by atoms with van der Waals surface area (Å²) in [6.45, 7) is 6.73. The number of hydrogen-bond donors (Lipinski definition) is 0. The summed E-state index contributed by atoms with van der Waals surface area (Å²) in [7, 11) is 0.999. The summed E-state index contributed by atoms with van der Waals surface area (Å²) in [5, 5.41) is 0. The summed E-state index contributed by atoms with van der Waals surface area (Å²) in [6, 6.07) is 0. The lowest BCUT2D eigenvalue weighted by atomic mass is 10.1. The molecule has 10 heteroatoms. The molecule has 0 radical (unpaired) electrons. The highest BCUT2D eigenvalue weighted by molar-refractivity contribution is 7.45. The van der Waals surface area contributed by atoms with Crippen molar-refractivity contribution in [3.8, 4) is 0 Å². The van der Waals surface area contributed by atoms with E-state index in [0.29, 0.717) is 17.4 Å². The Labute approximate surface area is 206 Å². The van der Waals surface area contributed by atoms with Crippen LogP contribution < -0.4 is 4.89 Å². The molecule has 0 N–H and O–H groups in total. The molecule has 34 heavy (non-hydrogen) atoms. The Morgan fingerprint density at radius 2 is 1.47 bits per heavy atom. The maximum Gasteiger partial charge on any atom is 0.333 e. The van der Waals surface area contributed by atoms with Crippen molar-refractivity contribution in [3.05, 3.63) is 12.2 Å². The van der Waals surface area contributed by atoms with E-state index in [0.717, 1.165) is 19.3 Å². The van der Waals surface area contributed by atoms with E-state index in [1.54, 1.807) is 0 Å². The molecule has 0 aromatic carbocycles. The molecular formula is C24H46NO8P. The van der Waals surface area contributed by atoms with E-state index in [-0.39, 0.29) is 25.2 Å². The van der Waals surface area contributed by atoms with E-state index in [1.165, 1.54) is 39.0 Å². The van der Waals surface area contributed by atoms with Crippen molar-refractivity contribution in [3.63, 3.8) is 0 Å². The number of quaternary nitrogens is 1. The number of rotatable bonds is 21. The monoisotopic (exact) mass is 507 g/mol. The van der Waals surface area contributed by atoms with Crippen molar-refractivity contribution in [2.24, 2.45) is 0 Å². The molecule has 200 valence electrons. The van der Waals surface area contributed by atoms with Crippen LogP contribution in [0, 0.1) is 0 Å². The number of unbranched alkanes of at least 4 members (excludes halogenated alkanes) is 8. The number of esters is 2. The van der Waals surface area contributed by atoms with Crippen LogP contribution in [-0.4, -0.2) is 70.0 Å². The highest BCUT2D eigenvalue weighted by atomic mass is 31.2. The average Bonchev–Trinajstić information content (AvgIpc) is 2.72. The van der Waals surface area contributed by atoms with Crippen molar-refractivity contribution < 1.29 is 42.1 Å². The molecule has 0 heterocycles. The van der Waals surface area contributed by atoms with Crippen molar-refractivity contribution in [2.75, 3.05) is 47.5 Å². The molecule has 0 rings (SSSR count). The zero-order valence-electron chi connectivity index (χ0n) is 21.8. The van der Waals surface area contributed by atoms with Gasteiger partial charge in [0.1, 0.15) is 32.5 Å². The Morgan fingerprint density at radius 1 is 0.941 bits per heavy atom. The number of nitrogens with zero attached hydrogens (tertiary/aromatic N) is 1. The van der Waals surface area contributed by atoms with Crippen molar-refractivity contribution in [1.82, 2.24) is 0 Å². The van der Waals surface area contributed by atoms with Crippen LogP contribution >= 0.6 is 7.82 Å². The van der Waals surface area contributed by atoms with E-state index < -0.39 is 32.5 Å². The zero-order chi connectivity index (χ0) is 26.0. The Balaban J connectivity index is 4.45. The maximum atomic E-state index is 12.2. The van der Waals surface area contributed by atoms with Crippen LogP contribution in [0.2, 0.25) is 0 Å². The minimum absolute atomic E-state index is 0.0685. The predicted octanol–water partition coefficient (Wildman–Crippen LogP) is 4.15. The van der Waals surface area contributed by atoms with E-state index in [4.69, 9.17) is 18.5 Å². The molecule has 0 bridgehead atoms. The molecule has 0 spiro atoms. The Hall–Kier alpha value is -1.25. The van der Waals surface area contributed by atoms with E-state index in [1.807, 2.05) is 21.1 Å². The third kappa shape index (κ3) is 20.2. The summed E-state index contributed by atoms with van der Waals surface area (Å²) in [5.74, 6) is -1.14. The summed E-state index contributed by atoms with van der Waals surface area (Å²) < 4.78 is 32.8. The van der Waals surface area contributed by atoms with Gasteiger partial charge in [-0.1, -0.05) is 64.9 Å². The minimum atomic E-state index is -4.69. The first-order valence-corrected chi connectivity index (χ1v) is 13.7. The molecule has 0 aromatic rings. The van der Waals surface area contributed by atoms with Gasteiger partial charge in [-0.3, -0.25) is 9.36 Å².